The molecular weight excluding hydrogens is 962 g/mol. The van der Waals surface area contributed by atoms with E-state index >= 15 is 0 Å². The van der Waals surface area contributed by atoms with Crippen LogP contribution in [0.3, 0.4) is 0 Å². The van der Waals surface area contributed by atoms with Crippen molar-refractivity contribution in [2.45, 2.75) is 121 Å². The van der Waals surface area contributed by atoms with E-state index in [0.717, 1.165) is 61.0 Å². The second-order valence-electron chi connectivity index (χ2n) is 24.8. The number of halogens is 3. The number of fused-ring (bicyclic) bond motifs is 9. The number of alkyl halides is 3. The van der Waals surface area contributed by atoms with Crippen LogP contribution in [0.25, 0.3) is 44.2 Å². The summed E-state index contributed by atoms with van der Waals surface area (Å²) in [5.41, 5.74) is 19.2. The van der Waals surface area contributed by atoms with Gasteiger partial charge in [-0.3, -0.25) is 0 Å². The van der Waals surface area contributed by atoms with Crippen molar-refractivity contribution < 1.29 is 13.2 Å². The van der Waals surface area contributed by atoms with Crippen LogP contribution in [0, 0.1) is 17.8 Å². The van der Waals surface area contributed by atoms with Gasteiger partial charge in [-0.25, -0.2) is 0 Å². The molecule has 3 aliphatic carbocycles. The summed E-state index contributed by atoms with van der Waals surface area (Å²) in [6.45, 7) is 12.0. The van der Waals surface area contributed by atoms with Gasteiger partial charge in [-0.15, -0.1) is 0 Å². The molecule has 0 amide bonds. The molecule has 0 saturated heterocycles. The Morgan fingerprint density at radius 2 is 0.897 bits per heavy atom. The van der Waals surface area contributed by atoms with Crippen LogP contribution < -0.4 is 9.80 Å². The second-order valence-corrected chi connectivity index (χ2v) is 24.8. The minimum Gasteiger partial charge on any atom is -0.335 e. The molecule has 5 heteroatoms. The molecule has 14 rings (SSSR count). The number of rotatable bonds is 6. The molecule has 78 heavy (non-hydrogen) atoms. The molecule has 9 aromatic rings. The average Bonchev–Trinajstić information content (AvgIpc) is 3.10. The quantitative estimate of drug-likeness (QED) is 0.164. The highest BCUT2D eigenvalue weighted by molar-refractivity contribution is 6.10. The zero-order chi connectivity index (χ0) is 53.4. The van der Waals surface area contributed by atoms with Crippen LogP contribution >= 0.6 is 0 Å². The summed E-state index contributed by atoms with van der Waals surface area (Å²) >= 11 is 0. The summed E-state index contributed by atoms with van der Waals surface area (Å²) < 4.78 is 41.8. The average molecular weight is 1030 g/mol. The normalized spacial score (nSPS) is 23.9. The maximum absolute atomic E-state index is 13.9. The van der Waals surface area contributed by atoms with Crippen LogP contribution in [0.5, 0.6) is 0 Å². The number of aryl methyl sites for hydroxylation is 1. The van der Waals surface area contributed by atoms with E-state index in [1.807, 2.05) is 0 Å². The van der Waals surface area contributed by atoms with Crippen LogP contribution in [0.4, 0.5) is 35.9 Å². The summed E-state index contributed by atoms with van der Waals surface area (Å²) in [5.74, 6) is 0. The standard InChI is InChI=1S/C73H67F3N2/c1-48-24-31-57(32-25-48)77-66-37-28-51(43-53(66)47-69(3)39-15-16-40-70(69,77)4)62-45-64-67(60-23-13-12-22-59(60)62)61-35-26-50(44-63(61)72(64,54-18-8-6-9-19-54)55-20-10-7-11-21-55)49-27-36-65-52(42-49)46-68(2)38-14-17-41-71(68,5)78(65)58-33-29-56(30-34-58)73(74,75)76/h6-13,18-37,42-45H,14-17,38-41,46-47H2,1-5H3. The highest BCUT2D eigenvalue weighted by Crippen LogP contribution is 2.63. The Labute approximate surface area is 458 Å². The third kappa shape index (κ3) is 7.08. The first-order valence-corrected chi connectivity index (χ1v) is 28.6. The van der Waals surface area contributed by atoms with Gasteiger partial charge in [0.05, 0.1) is 11.0 Å². The van der Waals surface area contributed by atoms with Crippen LogP contribution in [0.1, 0.15) is 124 Å². The molecule has 0 aromatic heterocycles. The third-order valence-electron chi connectivity index (χ3n) is 20.6. The van der Waals surface area contributed by atoms with Crippen molar-refractivity contribution in [3.8, 4) is 33.4 Å². The van der Waals surface area contributed by atoms with Crippen LogP contribution in [0.15, 0.2) is 194 Å². The molecular formula is C73H67F3N2. The molecule has 2 aliphatic heterocycles. The lowest BCUT2D eigenvalue weighted by Gasteiger charge is -2.60. The fraction of sp³-hybridized carbons (Fsp3) is 0.288. The molecule has 390 valence electrons. The fourth-order valence-electron chi connectivity index (χ4n) is 16.1. The first-order valence-electron chi connectivity index (χ1n) is 28.6. The Kier molecular flexibility index (Phi) is 11.0. The van der Waals surface area contributed by atoms with Crippen molar-refractivity contribution in [3.05, 3.63) is 239 Å². The van der Waals surface area contributed by atoms with Gasteiger partial charge in [-0.05, 0) is 220 Å². The van der Waals surface area contributed by atoms with Crippen molar-refractivity contribution >= 4 is 33.5 Å². The van der Waals surface area contributed by atoms with Gasteiger partial charge in [0.15, 0.2) is 0 Å². The van der Waals surface area contributed by atoms with E-state index in [9.17, 15) is 13.2 Å². The summed E-state index contributed by atoms with van der Waals surface area (Å²) in [6, 6.07) is 70.5. The topological polar surface area (TPSA) is 6.48 Å². The minimum absolute atomic E-state index is 0.00524. The van der Waals surface area contributed by atoms with Gasteiger partial charge in [-0.2, -0.15) is 13.2 Å². The van der Waals surface area contributed by atoms with Crippen LogP contribution in [0.2, 0.25) is 0 Å². The number of nitrogens with zero attached hydrogens (tertiary/aromatic N) is 2. The SMILES string of the molecule is Cc1ccc(N2c3ccc(-c4cc5c(c6ccccc46)-c4ccc(-c6ccc7c(c6)CC6(C)CCCCC6(C)N7c6ccc(C(F)(F)F)cc6)cc4C5(c4ccccc4)c4ccccc4)cc3CC3(C)CCCCC23C)cc1. The highest BCUT2D eigenvalue weighted by atomic mass is 19.4. The van der Waals surface area contributed by atoms with Gasteiger partial charge < -0.3 is 9.80 Å². The van der Waals surface area contributed by atoms with Crippen molar-refractivity contribution in [1.29, 1.82) is 0 Å². The lowest BCUT2D eigenvalue weighted by atomic mass is 9.57. The van der Waals surface area contributed by atoms with Crippen LogP contribution in [-0.2, 0) is 24.4 Å². The first-order chi connectivity index (χ1) is 37.6. The lowest BCUT2D eigenvalue weighted by Crippen LogP contribution is -2.60. The van der Waals surface area contributed by atoms with E-state index in [0.29, 0.717) is 0 Å². The number of hydrogen-bond acceptors (Lipinski definition) is 2. The van der Waals surface area contributed by atoms with Crippen molar-refractivity contribution in [2.24, 2.45) is 10.8 Å². The Morgan fingerprint density at radius 1 is 0.423 bits per heavy atom. The number of hydrogen-bond donors (Lipinski definition) is 0. The number of anilines is 4. The van der Waals surface area contributed by atoms with Crippen molar-refractivity contribution in [2.75, 3.05) is 9.80 Å². The second kappa shape index (κ2) is 17.6. The van der Waals surface area contributed by atoms with Crippen molar-refractivity contribution in [3.63, 3.8) is 0 Å². The first kappa shape index (κ1) is 49.0. The predicted octanol–water partition coefficient (Wildman–Crippen LogP) is 19.9. The van der Waals surface area contributed by atoms with Gasteiger partial charge in [0.1, 0.15) is 0 Å². The molecule has 4 atom stereocenters. The molecule has 0 radical (unpaired) electrons. The molecule has 2 nitrogen and oxygen atoms in total. The fourth-order valence-corrected chi connectivity index (χ4v) is 16.1. The summed E-state index contributed by atoms with van der Waals surface area (Å²) in [5, 5.41) is 2.50. The molecule has 0 spiro atoms. The van der Waals surface area contributed by atoms with Gasteiger partial charge in [-0.1, -0.05) is 166 Å². The molecule has 4 unspecified atom stereocenters. The van der Waals surface area contributed by atoms with Crippen molar-refractivity contribution in [1.82, 2.24) is 0 Å². The van der Waals surface area contributed by atoms with Crippen LogP contribution in [-0.4, -0.2) is 11.1 Å². The Bertz CT molecular complexity index is 3780. The lowest BCUT2D eigenvalue weighted by molar-refractivity contribution is -0.137. The maximum atomic E-state index is 13.9. The Balaban J connectivity index is 0.958. The van der Waals surface area contributed by atoms with E-state index in [-0.39, 0.29) is 21.9 Å². The van der Waals surface area contributed by atoms with E-state index in [1.165, 1.54) is 121 Å². The largest absolute Gasteiger partial charge is 0.416 e. The predicted molar refractivity (Wildman–Crippen MR) is 316 cm³/mol. The van der Waals surface area contributed by atoms with E-state index in [2.05, 4.69) is 214 Å². The molecule has 2 heterocycles. The van der Waals surface area contributed by atoms with Gasteiger partial charge in [0.25, 0.3) is 0 Å². The van der Waals surface area contributed by atoms with Gasteiger partial charge in [0, 0.05) is 33.8 Å². The Hall–Kier alpha value is -7.37. The molecule has 2 fully saturated rings. The van der Waals surface area contributed by atoms with E-state index in [1.54, 1.807) is 12.1 Å². The Morgan fingerprint density at radius 3 is 1.46 bits per heavy atom. The molecule has 2 saturated carbocycles. The summed E-state index contributed by atoms with van der Waals surface area (Å²) in [7, 11) is 0. The van der Waals surface area contributed by atoms with Gasteiger partial charge in [0.2, 0.25) is 0 Å². The van der Waals surface area contributed by atoms with Gasteiger partial charge >= 0.3 is 6.18 Å². The minimum atomic E-state index is -4.40. The smallest absolute Gasteiger partial charge is 0.335 e. The third-order valence-corrected chi connectivity index (χ3v) is 20.6. The maximum Gasteiger partial charge on any atom is 0.416 e. The summed E-state index contributed by atoms with van der Waals surface area (Å²) in [4.78, 5) is 5.10. The van der Waals surface area contributed by atoms with E-state index < -0.39 is 17.2 Å². The highest BCUT2D eigenvalue weighted by Gasteiger charge is 2.56. The molecule has 9 aromatic carbocycles. The molecule has 5 aliphatic rings. The zero-order valence-corrected chi connectivity index (χ0v) is 45.6. The molecule has 0 N–H and O–H groups in total. The van der Waals surface area contributed by atoms with E-state index in [4.69, 9.17) is 0 Å². The summed E-state index contributed by atoms with van der Waals surface area (Å²) in [6.07, 6.45) is 6.71. The number of benzene rings is 9. The monoisotopic (exact) mass is 1030 g/mol. The molecule has 0 bridgehead atoms. The zero-order valence-electron chi connectivity index (χ0n) is 45.6.